The molecule has 6 heteroatoms. The van der Waals surface area contributed by atoms with E-state index >= 15 is 0 Å². The SMILES string of the molecule is CCOC(=O)c1nc(NC2CCOCC2)sc1C. The van der Waals surface area contributed by atoms with Gasteiger partial charge in [0.2, 0.25) is 0 Å². The van der Waals surface area contributed by atoms with Gasteiger partial charge in [0, 0.05) is 24.1 Å². The summed E-state index contributed by atoms with van der Waals surface area (Å²) in [6.07, 6.45) is 1.96. The largest absolute Gasteiger partial charge is 0.461 e. The first kappa shape index (κ1) is 13.3. The molecule has 1 fully saturated rings. The van der Waals surface area contributed by atoms with Gasteiger partial charge in [0.1, 0.15) is 0 Å². The van der Waals surface area contributed by atoms with Gasteiger partial charge in [-0.1, -0.05) is 0 Å². The molecule has 1 aliphatic heterocycles. The second-order valence-corrected chi connectivity index (χ2v) is 5.38. The molecule has 0 bridgehead atoms. The number of nitrogens with zero attached hydrogens (tertiary/aromatic N) is 1. The van der Waals surface area contributed by atoms with E-state index in [0.717, 1.165) is 36.1 Å². The normalized spacial score (nSPS) is 16.6. The molecule has 0 aromatic carbocycles. The highest BCUT2D eigenvalue weighted by Gasteiger charge is 2.19. The monoisotopic (exact) mass is 270 g/mol. The third-order valence-corrected chi connectivity index (χ3v) is 3.72. The fourth-order valence-corrected chi connectivity index (χ4v) is 2.74. The lowest BCUT2D eigenvalue weighted by atomic mass is 10.1. The summed E-state index contributed by atoms with van der Waals surface area (Å²) in [5.74, 6) is -0.341. The van der Waals surface area contributed by atoms with Crippen LogP contribution in [0.2, 0.25) is 0 Å². The van der Waals surface area contributed by atoms with Crippen LogP contribution in [-0.2, 0) is 9.47 Å². The molecule has 1 N–H and O–H groups in total. The van der Waals surface area contributed by atoms with Crippen molar-refractivity contribution in [2.75, 3.05) is 25.1 Å². The van der Waals surface area contributed by atoms with E-state index in [-0.39, 0.29) is 5.97 Å². The first-order chi connectivity index (χ1) is 8.70. The zero-order valence-corrected chi connectivity index (χ0v) is 11.5. The standard InChI is InChI=1S/C12H18N2O3S/c1-3-17-11(15)10-8(2)18-12(14-10)13-9-4-6-16-7-5-9/h9H,3-7H2,1-2H3,(H,13,14). The molecule has 0 atom stereocenters. The molecule has 1 aromatic heterocycles. The second-order valence-electron chi connectivity index (χ2n) is 4.18. The highest BCUT2D eigenvalue weighted by molar-refractivity contribution is 7.15. The zero-order chi connectivity index (χ0) is 13.0. The number of esters is 1. The van der Waals surface area contributed by atoms with Crippen molar-refractivity contribution < 1.29 is 14.3 Å². The summed E-state index contributed by atoms with van der Waals surface area (Å²) in [6, 6.07) is 0.388. The Bertz CT molecular complexity index is 413. The van der Waals surface area contributed by atoms with Crippen LogP contribution in [0.3, 0.4) is 0 Å². The van der Waals surface area contributed by atoms with Crippen LogP contribution in [0.4, 0.5) is 5.13 Å². The van der Waals surface area contributed by atoms with E-state index in [4.69, 9.17) is 9.47 Å². The van der Waals surface area contributed by atoms with Crippen LogP contribution in [0.1, 0.15) is 35.1 Å². The van der Waals surface area contributed by atoms with Crippen LogP contribution >= 0.6 is 11.3 Å². The lowest BCUT2D eigenvalue weighted by molar-refractivity contribution is 0.0519. The van der Waals surface area contributed by atoms with Crippen LogP contribution in [0, 0.1) is 6.92 Å². The Morgan fingerprint density at radius 3 is 2.94 bits per heavy atom. The third-order valence-electron chi connectivity index (χ3n) is 2.81. The number of thiazole rings is 1. The molecular formula is C12H18N2O3S. The van der Waals surface area contributed by atoms with Crippen molar-refractivity contribution >= 4 is 22.4 Å². The maximum Gasteiger partial charge on any atom is 0.358 e. The average Bonchev–Trinajstić information content (AvgIpc) is 2.72. The van der Waals surface area contributed by atoms with Gasteiger partial charge in [-0.2, -0.15) is 0 Å². The second kappa shape index (κ2) is 6.15. The highest BCUT2D eigenvalue weighted by atomic mass is 32.1. The van der Waals surface area contributed by atoms with E-state index < -0.39 is 0 Å². The molecule has 100 valence electrons. The molecule has 5 nitrogen and oxygen atoms in total. The number of carbonyl (C=O) groups excluding carboxylic acids is 1. The molecule has 1 aliphatic rings. The van der Waals surface area contributed by atoms with E-state index in [9.17, 15) is 4.79 Å². The van der Waals surface area contributed by atoms with Gasteiger partial charge in [0.15, 0.2) is 10.8 Å². The van der Waals surface area contributed by atoms with E-state index in [1.54, 1.807) is 6.92 Å². The molecule has 0 aliphatic carbocycles. The van der Waals surface area contributed by atoms with Crippen molar-refractivity contribution in [3.63, 3.8) is 0 Å². The Hall–Kier alpha value is -1.14. The molecule has 18 heavy (non-hydrogen) atoms. The molecule has 1 aromatic rings. The maximum atomic E-state index is 11.6. The highest BCUT2D eigenvalue weighted by Crippen LogP contribution is 2.24. The van der Waals surface area contributed by atoms with Gasteiger partial charge in [-0.05, 0) is 26.7 Å². The van der Waals surface area contributed by atoms with Gasteiger partial charge >= 0.3 is 5.97 Å². The van der Waals surface area contributed by atoms with Gasteiger partial charge in [-0.15, -0.1) is 11.3 Å². The first-order valence-corrected chi connectivity index (χ1v) is 7.01. The van der Waals surface area contributed by atoms with E-state index in [1.807, 2.05) is 6.92 Å². The fraction of sp³-hybridized carbons (Fsp3) is 0.667. The quantitative estimate of drug-likeness (QED) is 0.850. The number of rotatable bonds is 4. The molecular weight excluding hydrogens is 252 g/mol. The number of aromatic nitrogens is 1. The molecule has 0 unspecified atom stereocenters. The number of hydrogen-bond acceptors (Lipinski definition) is 6. The molecule has 2 heterocycles. The smallest absolute Gasteiger partial charge is 0.358 e. The Morgan fingerprint density at radius 2 is 2.28 bits per heavy atom. The number of hydrogen-bond donors (Lipinski definition) is 1. The Labute approximate surface area is 111 Å². The first-order valence-electron chi connectivity index (χ1n) is 6.19. The summed E-state index contributed by atoms with van der Waals surface area (Å²) in [5, 5.41) is 4.15. The summed E-state index contributed by atoms with van der Waals surface area (Å²) >= 11 is 1.50. The van der Waals surface area contributed by atoms with Crippen LogP contribution in [0.15, 0.2) is 0 Å². The molecule has 1 saturated heterocycles. The van der Waals surface area contributed by atoms with Crippen molar-refractivity contribution in [2.24, 2.45) is 0 Å². The van der Waals surface area contributed by atoms with Crippen molar-refractivity contribution in [2.45, 2.75) is 32.7 Å². The van der Waals surface area contributed by atoms with E-state index in [0.29, 0.717) is 18.3 Å². The predicted molar refractivity (Wildman–Crippen MR) is 70.3 cm³/mol. The Balaban J connectivity index is 2.01. The van der Waals surface area contributed by atoms with Crippen molar-refractivity contribution in [1.82, 2.24) is 4.98 Å². The third kappa shape index (κ3) is 3.20. The van der Waals surface area contributed by atoms with Gasteiger partial charge in [-0.25, -0.2) is 9.78 Å². The van der Waals surface area contributed by atoms with Gasteiger partial charge in [-0.3, -0.25) is 0 Å². The average molecular weight is 270 g/mol. The minimum atomic E-state index is -0.341. The van der Waals surface area contributed by atoms with Crippen LogP contribution in [0.5, 0.6) is 0 Å². The molecule has 0 radical (unpaired) electrons. The zero-order valence-electron chi connectivity index (χ0n) is 10.7. The summed E-state index contributed by atoms with van der Waals surface area (Å²) < 4.78 is 10.3. The number of carbonyl (C=O) groups is 1. The lowest BCUT2D eigenvalue weighted by Crippen LogP contribution is -2.27. The van der Waals surface area contributed by atoms with Crippen LogP contribution in [0.25, 0.3) is 0 Å². The molecule has 0 amide bonds. The minimum Gasteiger partial charge on any atom is -0.461 e. The number of aryl methyl sites for hydroxylation is 1. The number of ether oxygens (including phenoxy) is 2. The molecule has 0 spiro atoms. The fourth-order valence-electron chi connectivity index (χ4n) is 1.86. The molecule has 0 saturated carbocycles. The van der Waals surface area contributed by atoms with Crippen LogP contribution in [-0.4, -0.2) is 36.8 Å². The Kier molecular flexibility index (Phi) is 4.54. The van der Waals surface area contributed by atoms with Gasteiger partial charge < -0.3 is 14.8 Å². The van der Waals surface area contributed by atoms with E-state index in [2.05, 4.69) is 10.3 Å². The summed E-state index contributed by atoms with van der Waals surface area (Å²) in [6.45, 7) is 5.62. The number of nitrogens with one attached hydrogen (secondary N) is 1. The summed E-state index contributed by atoms with van der Waals surface area (Å²) in [5.41, 5.74) is 0.427. The summed E-state index contributed by atoms with van der Waals surface area (Å²) in [4.78, 5) is 16.9. The van der Waals surface area contributed by atoms with Crippen molar-refractivity contribution in [1.29, 1.82) is 0 Å². The van der Waals surface area contributed by atoms with Crippen LogP contribution < -0.4 is 5.32 Å². The minimum absolute atomic E-state index is 0.341. The number of anilines is 1. The Morgan fingerprint density at radius 1 is 1.56 bits per heavy atom. The summed E-state index contributed by atoms with van der Waals surface area (Å²) in [7, 11) is 0. The maximum absolute atomic E-state index is 11.6. The van der Waals surface area contributed by atoms with Crippen molar-refractivity contribution in [3.8, 4) is 0 Å². The van der Waals surface area contributed by atoms with E-state index in [1.165, 1.54) is 11.3 Å². The lowest BCUT2D eigenvalue weighted by Gasteiger charge is -2.22. The molecule has 2 rings (SSSR count). The van der Waals surface area contributed by atoms with Gasteiger partial charge in [0.05, 0.1) is 6.61 Å². The van der Waals surface area contributed by atoms with Crippen molar-refractivity contribution in [3.05, 3.63) is 10.6 Å². The topological polar surface area (TPSA) is 60.5 Å². The van der Waals surface area contributed by atoms with Gasteiger partial charge in [0.25, 0.3) is 0 Å². The predicted octanol–water partition coefficient (Wildman–Crippen LogP) is 2.22.